The number of aryl methyl sites for hydroxylation is 1. The molecule has 1 aliphatic heterocycles. The first-order valence-corrected chi connectivity index (χ1v) is 12.4. The highest BCUT2D eigenvalue weighted by molar-refractivity contribution is 8.45. The molecule has 2 rings (SSSR count). The molecule has 232 valence electrons. The lowest BCUT2D eigenvalue weighted by Gasteiger charge is -2.41. The summed E-state index contributed by atoms with van der Waals surface area (Å²) in [6.07, 6.45) is -12.5. The van der Waals surface area contributed by atoms with Gasteiger partial charge in [-0.25, -0.2) is 9.59 Å². The molecule has 0 aliphatic carbocycles. The molecule has 0 aromatic heterocycles. The fourth-order valence-electron chi connectivity index (χ4n) is 3.04. The number of halogens is 8. The van der Waals surface area contributed by atoms with Crippen molar-refractivity contribution in [3.05, 3.63) is 49.1 Å². The van der Waals surface area contributed by atoms with Crippen molar-refractivity contribution in [1.82, 2.24) is 0 Å². The normalized spacial score (nSPS) is 16.6. The quantitative estimate of drug-likeness (QED) is 0.0982. The molecular weight excluding hydrogens is 620 g/mol. The second kappa shape index (κ2) is 10.9. The van der Waals surface area contributed by atoms with E-state index in [1.807, 2.05) is 0 Å². The largest absolute Gasteiger partial charge is 0.511 e. The SMILES string of the molecule is CCc1cc(S(F)(F)(F)(F)F)cc2c1OC(C(F)(F)F)C(C(=O)OCOC(=O)OC(CO[N+](=O)[O-])CO[N+](=O)[O-])=C2. The maximum absolute atomic E-state index is 13.6. The number of rotatable bonds is 12. The average Bonchev–Trinajstić information content (AvgIpc) is 2.81. The second-order valence-corrected chi connectivity index (χ2v) is 10.1. The van der Waals surface area contributed by atoms with E-state index in [1.54, 1.807) is 0 Å². The molecule has 1 aromatic rings. The molecule has 0 fully saturated rings. The topological polar surface area (TPSA) is 176 Å². The third-order valence-corrected chi connectivity index (χ3v) is 5.84. The Morgan fingerprint density at radius 1 is 1.02 bits per heavy atom. The van der Waals surface area contributed by atoms with Crippen LogP contribution < -0.4 is 4.74 Å². The predicted octanol–water partition coefficient (Wildman–Crippen LogP) is 5.05. The van der Waals surface area contributed by atoms with E-state index in [-0.39, 0.29) is 18.2 Å². The van der Waals surface area contributed by atoms with Crippen LogP contribution in [0.5, 0.6) is 5.75 Å². The van der Waals surface area contributed by atoms with Gasteiger partial charge in [0.1, 0.15) is 23.9 Å². The minimum Gasteiger partial charge on any atom is -0.475 e. The van der Waals surface area contributed by atoms with Crippen LogP contribution in [0.25, 0.3) is 6.08 Å². The average molecular weight is 636 g/mol. The lowest BCUT2D eigenvalue weighted by molar-refractivity contribution is -0.768. The summed E-state index contributed by atoms with van der Waals surface area (Å²) in [6, 6.07) is -0.269. The zero-order valence-electron chi connectivity index (χ0n) is 19.9. The Hall–Kier alpha value is -4.31. The van der Waals surface area contributed by atoms with E-state index >= 15 is 0 Å². The van der Waals surface area contributed by atoms with E-state index in [1.165, 1.54) is 0 Å². The Labute approximate surface area is 221 Å². The molecular formula is C18H16F8N2O12S. The van der Waals surface area contributed by atoms with Crippen molar-refractivity contribution in [3.8, 4) is 5.75 Å². The molecule has 0 saturated heterocycles. The highest BCUT2D eigenvalue weighted by Crippen LogP contribution is 3.02. The van der Waals surface area contributed by atoms with Gasteiger partial charge in [0, 0.05) is 5.56 Å². The number of alkyl halides is 3. The zero-order valence-corrected chi connectivity index (χ0v) is 20.8. The third-order valence-electron chi connectivity index (χ3n) is 4.72. The van der Waals surface area contributed by atoms with Gasteiger partial charge in [0.2, 0.25) is 12.9 Å². The van der Waals surface area contributed by atoms with Gasteiger partial charge in [0.15, 0.2) is 6.10 Å². The van der Waals surface area contributed by atoms with E-state index in [9.17, 15) is 62.4 Å². The molecule has 1 aliphatic rings. The molecule has 0 bridgehead atoms. The monoisotopic (exact) mass is 636 g/mol. The first-order valence-electron chi connectivity index (χ1n) is 10.4. The van der Waals surface area contributed by atoms with Crippen LogP contribution in [0.2, 0.25) is 0 Å². The van der Waals surface area contributed by atoms with Crippen LogP contribution in [-0.2, 0) is 35.1 Å². The van der Waals surface area contributed by atoms with E-state index in [0.29, 0.717) is 0 Å². The molecule has 1 aromatic carbocycles. The van der Waals surface area contributed by atoms with Gasteiger partial charge in [-0.2, -0.15) is 13.2 Å². The number of nitrogens with zero attached hydrogens (tertiary/aromatic N) is 2. The predicted molar refractivity (Wildman–Crippen MR) is 114 cm³/mol. The van der Waals surface area contributed by atoms with Gasteiger partial charge in [-0.1, -0.05) is 26.4 Å². The summed E-state index contributed by atoms with van der Waals surface area (Å²) in [4.78, 5) is 49.7. The molecule has 1 heterocycles. The van der Waals surface area contributed by atoms with E-state index < -0.39 is 105 Å². The van der Waals surface area contributed by atoms with Gasteiger partial charge in [-0.05, 0) is 30.2 Å². The molecule has 0 amide bonds. The van der Waals surface area contributed by atoms with Crippen molar-refractivity contribution in [3.63, 3.8) is 0 Å². The highest BCUT2D eigenvalue weighted by atomic mass is 32.5. The molecule has 0 radical (unpaired) electrons. The van der Waals surface area contributed by atoms with Crippen LogP contribution in [0.3, 0.4) is 0 Å². The van der Waals surface area contributed by atoms with Crippen molar-refractivity contribution in [2.75, 3.05) is 20.0 Å². The highest BCUT2D eigenvalue weighted by Gasteiger charge is 2.66. The summed E-state index contributed by atoms with van der Waals surface area (Å²) in [6.45, 7) is -2.59. The summed E-state index contributed by atoms with van der Waals surface area (Å²) in [5.74, 6) is -2.83. The smallest absolute Gasteiger partial charge is 0.475 e. The molecule has 0 spiro atoms. The third kappa shape index (κ3) is 9.39. The van der Waals surface area contributed by atoms with E-state index in [0.717, 1.165) is 6.92 Å². The number of hydrogen-bond acceptors (Lipinski definition) is 12. The number of carbonyl (C=O) groups is 2. The van der Waals surface area contributed by atoms with Gasteiger partial charge in [-0.3, -0.25) is 0 Å². The molecule has 1 atom stereocenters. The first-order chi connectivity index (χ1) is 18.5. The second-order valence-electron chi connectivity index (χ2n) is 7.69. The van der Waals surface area contributed by atoms with Crippen LogP contribution in [0.15, 0.2) is 22.6 Å². The van der Waals surface area contributed by atoms with Crippen molar-refractivity contribution in [2.45, 2.75) is 36.6 Å². The summed E-state index contributed by atoms with van der Waals surface area (Å²) >= 11 is 0. The maximum Gasteiger partial charge on any atom is 0.511 e. The molecule has 14 nitrogen and oxygen atoms in total. The number of fused-ring (bicyclic) bond motifs is 1. The molecule has 0 saturated carbocycles. The van der Waals surface area contributed by atoms with Crippen LogP contribution in [-0.4, -0.2) is 60.7 Å². The summed E-state index contributed by atoms with van der Waals surface area (Å²) in [5.41, 5.74) is -3.15. The standard InChI is InChI=1S/C18H16F8N2O12S/c1-2-9-3-12(41(22,23,24,25)26)4-10-5-13(15(18(19,20)21)40-14(9)10)16(29)35-8-36-17(30)39-11(6-37-27(31)32)7-38-28(33)34/h3-5,11,15H,2,6-8H2,1H3. The molecule has 0 N–H and O–H groups in total. The Balaban J connectivity index is 2.25. The summed E-state index contributed by atoms with van der Waals surface area (Å²) in [7, 11) is -10.3. The molecule has 1 unspecified atom stereocenters. The van der Waals surface area contributed by atoms with Gasteiger partial charge >= 0.3 is 28.5 Å². The van der Waals surface area contributed by atoms with Crippen molar-refractivity contribution in [2.24, 2.45) is 0 Å². The first kappa shape index (κ1) is 32.9. The van der Waals surface area contributed by atoms with Crippen LogP contribution in [0, 0.1) is 20.2 Å². The summed E-state index contributed by atoms with van der Waals surface area (Å²) in [5, 5.41) is 17.7. The lowest BCUT2D eigenvalue weighted by atomic mass is 9.98. The van der Waals surface area contributed by atoms with E-state index in [2.05, 4.69) is 23.9 Å². The zero-order chi connectivity index (χ0) is 31.5. The Kier molecular flexibility index (Phi) is 8.77. The Morgan fingerprint density at radius 2 is 1.59 bits per heavy atom. The van der Waals surface area contributed by atoms with Crippen molar-refractivity contribution in [1.29, 1.82) is 0 Å². The molecule has 41 heavy (non-hydrogen) atoms. The minimum atomic E-state index is -10.3. The Bertz CT molecular complexity index is 1240. The van der Waals surface area contributed by atoms with Crippen LogP contribution in [0.4, 0.5) is 37.4 Å². The number of esters is 1. The van der Waals surface area contributed by atoms with Gasteiger partial charge < -0.3 is 28.6 Å². The summed E-state index contributed by atoms with van der Waals surface area (Å²) < 4.78 is 125. The van der Waals surface area contributed by atoms with Gasteiger partial charge in [0.05, 0.1) is 5.57 Å². The van der Waals surface area contributed by atoms with Crippen LogP contribution in [0.1, 0.15) is 18.1 Å². The van der Waals surface area contributed by atoms with E-state index in [4.69, 9.17) is 4.74 Å². The minimum absolute atomic E-state index is 0.0644. The lowest BCUT2D eigenvalue weighted by Crippen LogP contribution is -2.41. The number of benzene rings is 1. The van der Waals surface area contributed by atoms with Gasteiger partial charge in [-0.15, -0.1) is 20.2 Å². The van der Waals surface area contributed by atoms with Crippen molar-refractivity contribution < 1.29 is 81.0 Å². The fraction of sp³-hybridized carbons (Fsp3) is 0.444. The van der Waals surface area contributed by atoms with Crippen molar-refractivity contribution >= 4 is 28.4 Å². The molecule has 23 heteroatoms. The maximum atomic E-state index is 13.6. The Morgan fingerprint density at radius 3 is 2.05 bits per heavy atom. The number of carbonyl (C=O) groups excluding carboxylic acids is 2. The number of ether oxygens (including phenoxy) is 4. The van der Waals surface area contributed by atoms with Crippen LogP contribution >= 0.6 is 10.2 Å². The fourth-order valence-corrected chi connectivity index (χ4v) is 3.76. The van der Waals surface area contributed by atoms with Gasteiger partial charge in [0.25, 0.3) is 10.2 Å². The number of hydrogen-bond donors (Lipinski definition) is 0.